The van der Waals surface area contributed by atoms with Crippen molar-refractivity contribution in [2.75, 3.05) is 7.11 Å². The summed E-state index contributed by atoms with van der Waals surface area (Å²) in [5.74, 6) is 2.81. The van der Waals surface area contributed by atoms with E-state index >= 15 is 0 Å². The number of hydrogen-bond acceptors (Lipinski definition) is 1. The highest BCUT2D eigenvalue weighted by Crippen LogP contribution is 2.49. The fraction of sp³-hybridized carbons (Fsp3) is 1.00. The second-order valence-corrected chi connectivity index (χ2v) is 5.90. The third-order valence-electron chi connectivity index (χ3n) is 4.71. The fourth-order valence-corrected chi connectivity index (χ4v) is 3.65. The number of hydrogen-bond donors (Lipinski definition) is 0. The molecule has 2 rings (SSSR count). The predicted molar refractivity (Wildman–Crippen MR) is 68.5 cm³/mol. The SMILES string of the molecule is CCCC[C@@H]1CC1[C@H](OC)C1CCCCC1. The van der Waals surface area contributed by atoms with Crippen molar-refractivity contribution in [1.82, 2.24) is 0 Å². The van der Waals surface area contributed by atoms with Crippen molar-refractivity contribution in [1.29, 1.82) is 0 Å². The van der Waals surface area contributed by atoms with Crippen molar-refractivity contribution < 1.29 is 4.74 Å². The van der Waals surface area contributed by atoms with Crippen molar-refractivity contribution in [3.8, 4) is 0 Å². The van der Waals surface area contributed by atoms with Gasteiger partial charge in [0.15, 0.2) is 0 Å². The molecule has 94 valence electrons. The lowest BCUT2D eigenvalue weighted by molar-refractivity contribution is 0.0162. The molecular weight excluding hydrogens is 196 g/mol. The minimum absolute atomic E-state index is 0.599. The normalized spacial score (nSPS) is 32.6. The summed E-state index contributed by atoms with van der Waals surface area (Å²) in [5, 5.41) is 0. The van der Waals surface area contributed by atoms with E-state index in [1.165, 1.54) is 57.8 Å². The van der Waals surface area contributed by atoms with Crippen LogP contribution in [0, 0.1) is 17.8 Å². The highest BCUT2D eigenvalue weighted by Gasteiger charge is 2.45. The summed E-state index contributed by atoms with van der Waals surface area (Å²) in [4.78, 5) is 0. The molecule has 2 aliphatic carbocycles. The monoisotopic (exact) mass is 224 g/mol. The largest absolute Gasteiger partial charge is 0.381 e. The summed E-state index contributed by atoms with van der Waals surface area (Å²) in [6.45, 7) is 2.30. The first-order chi connectivity index (χ1) is 7.86. The first-order valence-electron chi connectivity index (χ1n) is 7.39. The first kappa shape index (κ1) is 12.4. The Morgan fingerprint density at radius 1 is 1.19 bits per heavy atom. The molecule has 0 aliphatic heterocycles. The van der Waals surface area contributed by atoms with E-state index in [4.69, 9.17) is 4.74 Å². The van der Waals surface area contributed by atoms with Crippen LogP contribution in [0.15, 0.2) is 0 Å². The van der Waals surface area contributed by atoms with Crippen molar-refractivity contribution in [2.45, 2.75) is 70.8 Å². The zero-order valence-electron chi connectivity index (χ0n) is 11.1. The number of unbranched alkanes of at least 4 members (excludes halogenated alkanes) is 1. The van der Waals surface area contributed by atoms with Gasteiger partial charge in [0.1, 0.15) is 0 Å². The van der Waals surface area contributed by atoms with Gasteiger partial charge in [-0.25, -0.2) is 0 Å². The van der Waals surface area contributed by atoms with Crippen LogP contribution in [0.3, 0.4) is 0 Å². The van der Waals surface area contributed by atoms with Crippen LogP contribution in [0.25, 0.3) is 0 Å². The Bertz CT molecular complexity index is 196. The summed E-state index contributed by atoms with van der Waals surface area (Å²) in [7, 11) is 1.94. The molecule has 1 heteroatoms. The van der Waals surface area contributed by atoms with Crippen LogP contribution in [-0.2, 0) is 4.74 Å². The first-order valence-corrected chi connectivity index (χ1v) is 7.39. The van der Waals surface area contributed by atoms with E-state index in [1.54, 1.807) is 0 Å². The van der Waals surface area contributed by atoms with Crippen LogP contribution < -0.4 is 0 Å². The van der Waals surface area contributed by atoms with Gasteiger partial charge >= 0.3 is 0 Å². The molecule has 0 spiro atoms. The van der Waals surface area contributed by atoms with Crippen molar-refractivity contribution in [3.05, 3.63) is 0 Å². The molecule has 0 N–H and O–H groups in total. The Kier molecular flexibility index (Phi) is 4.69. The molecule has 0 saturated heterocycles. The highest BCUT2D eigenvalue weighted by atomic mass is 16.5. The smallest absolute Gasteiger partial charge is 0.0630 e. The van der Waals surface area contributed by atoms with Gasteiger partial charge in [-0.15, -0.1) is 0 Å². The van der Waals surface area contributed by atoms with Gasteiger partial charge in [0.05, 0.1) is 6.10 Å². The summed E-state index contributed by atoms with van der Waals surface area (Å²) in [5.41, 5.74) is 0. The zero-order valence-corrected chi connectivity index (χ0v) is 11.1. The Morgan fingerprint density at radius 3 is 2.56 bits per heavy atom. The van der Waals surface area contributed by atoms with Gasteiger partial charge in [0.25, 0.3) is 0 Å². The van der Waals surface area contributed by atoms with E-state index in [0.717, 1.165) is 17.8 Å². The Hall–Kier alpha value is -0.0400. The maximum atomic E-state index is 5.82. The molecule has 0 heterocycles. The fourth-order valence-electron chi connectivity index (χ4n) is 3.65. The van der Waals surface area contributed by atoms with Crippen LogP contribution in [0.2, 0.25) is 0 Å². The van der Waals surface area contributed by atoms with Crippen molar-refractivity contribution in [3.63, 3.8) is 0 Å². The second-order valence-electron chi connectivity index (χ2n) is 5.90. The van der Waals surface area contributed by atoms with Crippen LogP contribution in [0.4, 0.5) is 0 Å². The quantitative estimate of drug-likeness (QED) is 0.649. The molecule has 0 amide bonds. The summed E-state index contributed by atoms with van der Waals surface area (Å²) >= 11 is 0. The van der Waals surface area contributed by atoms with E-state index in [0.29, 0.717) is 6.10 Å². The van der Waals surface area contributed by atoms with Crippen molar-refractivity contribution >= 4 is 0 Å². The van der Waals surface area contributed by atoms with E-state index in [1.807, 2.05) is 7.11 Å². The van der Waals surface area contributed by atoms with Gasteiger partial charge in [-0.1, -0.05) is 45.4 Å². The Balaban J connectivity index is 1.77. The third-order valence-corrected chi connectivity index (χ3v) is 4.71. The minimum atomic E-state index is 0.599. The molecule has 1 unspecified atom stereocenters. The average Bonchev–Trinajstić information content (AvgIpc) is 3.08. The number of ether oxygens (including phenoxy) is 1. The zero-order chi connectivity index (χ0) is 11.4. The molecule has 2 aliphatic rings. The maximum Gasteiger partial charge on any atom is 0.0630 e. The van der Waals surface area contributed by atoms with Crippen LogP contribution in [-0.4, -0.2) is 13.2 Å². The van der Waals surface area contributed by atoms with Gasteiger partial charge in [-0.3, -0.25) is 0 Å². The number of rotatable bonds is 6. The molecule has 1 nitrogen and oxygen atoms in total. The van der Waals surface area contributed by atoms with Crippen LogP contribution in [0.1, 0.15) is 64.7 Å². The van der Waals surface area contributed by atoms with Gasteiger partial charge in [0.2, 0.25) is 0 Å². The Labute approximate surface area is 101 Å². The van der Waals surface area contributed by atoms with E-state index in [9.17, 15) is 0 Å². The third kappa shape index (κ3) is 3.00. The Morgan fingerprint density at radius 2 is 1.94 bits per heavy atom. The molecular formula is C15H28O. The lowest BCUT2D eigenvalue weighted by Crippen LogP contribution is -2.27. The topological polar surface area (TPSA) is 9.23 Å². The molecule has 0 aromatic rings. The van der Waals surface area contributed by atoms with Crippen LogP contribution in [0.5, 0.6) is 0 Å². The second kappa shape index (κ2) is 6.05. The molecule has 2 fully saturated rings. The lowest BCUT2D eigenvalue weighted by atomic mass is 9.83. The summed E-state index contributed by atoms with van der Waals surface area (Å²) in [6, 6.07) is 0. The molecule has 0 aromatic carbocycles. The molecule has 0 aromatic heterocycles. The summed E-state index contributed by atoms with van der Waals surface area (Å²) in [6.07, 6.45) is 13.5. The van der Waals surface area contributed by atoms with Gasteiger partial charge in [-0.2, -0.15) is 0 Å². The van der Waals surface area contributed by atoms with Gasteiger partial charge < -0.3 is 4.74 Å². The molecule has 16 heavy (non-hydrogen) atoms. The molecule has 2 saturated carbocycles. The van der Waals surface area contributed by atoms with Crippen LogP contribution >= 0.6 is 0 Å². The van der Waals surface area contributed by atoms with Gasteiger partial charge in [0, 0.05) is 7.11 Å². The van der Waals surface area contributed by atoms with E-state index in [-0.39, 0.29) is 0 Å². The van der Waals surface area contributed by atoms with E-state index in [2.05, 4.69) is 6.92 Å². The minimum Gasteiger partial charge on any atom is -0.381 e. The standard InChI is InChI=1S/C15H28O/c1-3-4-8-13-11-14(13)15(16-2)12-9-6-5-7-10-12/h12-15H,3-11H2,1-2H3/t13-,14?,15-/m1/s1. The van der Waals surface area contributed by atoms with Crippen molar-refractivity contribution in [2.24, 2.45) is 17.8 Å². The molecule has 0 radical (unpaired) electrons. The van der Waals surface area contributed by atoms with Gasteiger partial charge in [-0.05, 0) is 37.0 Å². The average molecular weight is 224 g/mol. The molecule has 0 bridgehead atoms. The van der Waals surface area contributed by atoms with E-state index < -0.39 is 0 Å². The summed E-state index contributed by atoms with van der Waals surface area (Å²) < 4.78 is 5.82. The number of methoxy groups -OCH3 is 1. The lowest BCUT2D eigenvalue weighted by Gasteiger charge is -2.29. The predicted octanol–water partition coefficient (Wildman–Crippen LogP) is 4.41. The highest BCUT2D eigenvalue weighted by molar-refractivity contribution is 4.95. The molecule has 3 atom stereocenters. The maximum absolute atomic E-state index is 5.82.